The highest BCUT2D eigenvalue weighted by atomic mass is 16.5. The first-order chi connectivity index (χ1) is 7.76. The van der Waals surface area contributed by atoms with Crippen LogP contribution in [0.15, 0.2) is 16.8 Å². The smallest absolute Gasteiger partial charge is 0.341 e. The van der Waals surface area contributed by atoms with E-state index in [2.05, 4.69) is 17.2 Å². The van der Waals surface area contributed by atoms with E-state index in [-0.39, 0.29) is 5.57 Å². The molecular weight excluding hydrogens is 206 g/mol. The minimum atomic E-state index is -0.481. The summed E-state index contributed by atoms with van der Waals surface area (Å²) in [6.07, 6.45) is 6.43. The summed E-state index contributed by atoms with van der Waals surface area (Å²) in [5.41, 5.74) is 0.250. The van der Waals surface area contributed by atoms with Crippen LogP contribution in [0.5, 0.6) is 0 Å². The first kappa shape index (κ1) is 14.2. The van der Waals surface area contributed by atoms with Crippen LogP contribution in [0.25, 0.3) is 0 Å². The van der Waals surface area contributed by atoms with Crippen molar-refractivity contribution in [1.82, 2.24) is 5.32 Å². The van der Waals surface area contributed by atoms with Crippen LogP contribution in [0, 0.1) is 11.5 Å². The molecule has 0 atom stereocenters. The van der Waals surface area contributed by atoms with Gasteiger partial charge in [-0.05, 0) is 13.3 Å². The average Bonchev–Trinajstić information content (AvgIpc) is 2.28. The zero-order chi connectivity index (χ0) is 12.2. The van der Waals surface area contributed by atoms with E-state index in [9.17, 15) is 4.79 Å². The van der Waals surface area contributed by atoms with Crippen molar-refractivity contribution in [2.75, 3.05) is 13.2 Å². The molecule has 0 aliphatic carbocycles. The number of hydrogen-bond donors (Lipinski definition) is 1. The summed E-state index contributed by atoms with van der Waals surface area (Å²) >= 11 is 0. The Kier molecular flexibility index (Phi) is 8.60. The summed E-state index contributed by atoms with van der Waals surface area (Å²) in [6, 6.07) is 0. The third kappa shape index (κ3) is 6.60. The number of hydrogen-bond acceptors (Lipinski definition) is 5. The van der Waals surface area contributed by atoms with Gasteiger partial charge in [0, 0.05) is 19.0 Å². The van der Waals surface area contributed by atoms with E-state index < -0.39 is 5.97 Å². The van der Waals surface area contributed by atoms with E-state index in [0.717, 1.165) is 12.8 Å². The molecule has 0 aromatic rings. The first-order valence-corrected chi connectivity index (χ1v) is 5.28. The average molecular weight is 223 g/mol. The van der Waals surface area contributed by atoms with E-state index in [4.69, 9.17) is 10.00 Å². The van der Waals surface area contributed by atoms with Gasteiger partial charge in [-0.15, -0.1) is 0 Å². The van der Waals surface area contributed by atoms with Crippen molar-refractivity contribution >= 4 is 12.2 Å². The van der Waals surface area contributed by atoms with Crippen LogP contribution < -0.4 is 5.32 Å². The molecule has 16 heavy (non-hydrogen) atoms. The lowest BCUT2D eigenvalue weighted by Gasteiger charge is -2.01. The van der Waals surface area contributed by atoms with Crippen molar-refractivity contribution in [2.45, 2.75) is 26.7 Å². The largest absolute Gasteiger partial charge is 0.462 e. The molecule has 88 valence electrons. The molecule has 1 N–H and O–H groups in total. The van der Waals surface area contributed by atoms with Crippen molar-refractivity contribution < 1.29 is 9.53 Å². The molecular formula is C11H17N3O2. The highest BCUT2D eigenvalue weighted by molar-refractivity contribution is 6.09. The summed E-state index contributed by atoms with van der Waals surface area (Å²) in [6.45, 7) is 4.75. The number of rotatable bonds is 7. The second-order valence-corrected chi connectivity index (χ2v) is 2.97. The second-order valence-electron chi connectivity index (χ2n) is 2.97. The zero-order valence-corrected chi connectivity index (χ0v) is 9.69. The number of carbonyl (C=O) groups is 1. The van der Waals surface area contributed by atoms with Crippen LogP contribution in [-0.4, -0.2) is 25.3 Å². The molecule has 0 unspecified atom stereocenters. The summed E-state index contributed by atoms with van der Waals surface area (Å²) in [4.78, 5) is 15.5. The van der Waals surface area contributed by atoms with E-state index in [1.807, 2.05) is 0 Å². The number of carbonyl (C=O) groups excluding carboxylic acids is 1. The predicted octanol–water partition coefficient (Wildman–Crippen LogP) is 1.37. The molecule has 5 nitrogen and oxygen atoms in total. The van der Waals surface area contributed by atoms with Crippen molar-refractivity contribution in [1.29, 1.82) is 5.26 Å². The SMILES string of the molecule is CCCCN=CC(=CNC#N)C(=O)OCC. The lowest BCUT2D eigenvalue weighted by molar-refractivity contribution is -0.137. The van der Waals surface area contributed by atoms with Crippen molar-refractivity contribution in [3.63, 3.8) is 0 Å². The van der Waals surface area contributed by atoms with E-state index in [1.165, 1.54) is 12.4 Å². The van der Waals surface area contributed by atoms with Gasteiger partial charge in [-0.1, -0.05) is 13.3 Å². The number of esters is 1. The second kappa shape index (κ2) is 9.71. The maximum Gasteiger partial charge on any atom is 0.341 e. The maximum atomic E-state index is 11.4. The quantitative estimate of drug-likeness (QED) is 0.177. The van der Waals surface area contributed by atoms with E-state index >= 15 is 0 Å². The molecule has 0 saturated carbocycles. The standard InChI is InChI=1S/C11H17N3O2/c1-3-5-6-13-7-10(8-14-9-12)11(15)16-4-2/h7-8,14H,3-6H2,1-2H3. The third-order valence-corrected chi connectivity index (χ3v) is 1.67. The Hall–Kier alpha value is -1.83. The predicted molar refractivity (Wildman–Crippen MR) is 61.7 cm³/mol. The molecule has 0 spiro atoms. The van der Waals surface area contributed by atoms with Gasteiger partial charge in [-0.3, -0.25) is 10.3 Å². The highest BCUT2D eigenvalue weighted by Crippen LogP contribution is 1.95. The van der Waals surface area contributed by atoms with Crippen LogP contribution in [0.3, 0.4) is 0 Å². The van der Waals surface area contributed by atoms with Crippen LogP contribution in [-0.2, 0) is 9.53 Å². The van der Waals surface area contributed by atoms with Gasteiger partial charge in [-0.25, -0.2) is 4.79 Å². The van der Waals surface area contributed by atoms with Gasteiger partial charge in [0.25, 0.3) is 0 Å². The number of ether oxygens (including phenoxy) is 1. The van der Waals surface area contributed by atoms with Gasteiger partial charge >= 0.3 is 5.97 Å². The van der Waals surface area contributed by atoms with Gasteiger partial charge in [-0.2, -0.15) is 5.26 Å². The lowest BCUT2D eigenvalue weighted by atomic mass is 10.3. The molecule has 0 heterocycles. The minimum Gasteiger partial charge on any atom is -0.462 e. The van der Waals surface area contributed by atoms with Crippen LogP contribution in [0.1, 0.15) is 26.7 Å². The fraction of sp³-hybridized carbons (Fsp3) is 0.545. The van der Waals surface area contributed by atoms with Gasteiger partial charge in [0.05, 0.1) is 12.2 Å². The molecule has 0 fully saturated rings. The fourth-order valence-electron chi connectivity index (χ4n) is 0.886. The molecule has 5 heteroatoms. The Bertz CT molecular complexity index is 303. The van der Waals surface area contributed by atoms with Crippen molar-refractivity contribution in [2.24, 2.45) is 4.99 Å². The van der Waals surface area contributed by atoms with E-state index in [1.54, 1.807) is 13.1 Å². The number of nitrogens with zero attached hydrogens (tertiary/aromatic N) is 2. The fourth-order valence-corrected chi connectivity index (χ4v) is 0.886. The number of unbranched alkanes of at least 4 members (excludes halogenated alkanes) is 1. The molecule has 0 rings (SSSR count). The van der Waals surface area contributed by atoms with Gasteiger partial charge in [0.15, 0.2) is 6.19 Å². The molecule has 0 aliphatic rings. The summed E-state index contributed by atoms with van der Waals surface area (Å²) < 4.78 is 4.81. The summed E-state index contributed by atoms with van der Waals surface area (Å²) in [5, 5.41) is 10.6. The molecule has 0 aliphatic heterocycles. The summed E-state index contributed by atoms with van der Waals surface area (Å²) in [5.74, 6) is -0.481. The monoisotopic (exact) mass is 223 g/mol. The van der Waals surface area contributed by atoms with Crippen LogP contribution >= 0.6 is 0 Å². The Morgan fingerprint density at radius 1 is 1.56 bits per heavy atom. The highest BCUT2D eigenvalue weighted by Gasteiger charge is 2.07. The van der Waals surface area contributed by atoms with Gasteiger partial charge < -0.3 is 4.74 Å². The molecule has 0 amide bonds. The number of nitrogens with one attached hydrogen (secondary N) is 1. The van der Waals surface area contributed by atoms with Crippen LogP contribution in [0.4, 0.5) is 0 Å². The van der Waals surface area contributed by atoms with Gasteiger partial charge in [0.2, 0.25) is 0 Å². The summed E-state index contributed by atoms with van der Waals surface area (Å²) in [7, 11) is 0. The normalized spacial score (nSPS) is 11.2. The first-order valence-electron chi connectivity index (χ1n) is 5.28. The molecule has 0 bridgehead atoms. The number of nitriles is 1. The Morgan fingerprint density at radius 2 is 2.31 bits per heavy atom. The molecule has 0 aromatic heterocycles. The Labute approximate surface area is 95.8 Å². The van der Waals surface area contributed by atoms with Gasteiger partial charge in [0.1, 0.15) is 0 Å². The van der Waals surface area contributed by atoms with Crippen molar-refractivity contribution in [3.05, 3.63) is 11.8 Å². The van der Waals surface area contributed by atoms with E-state index in [0.29, 0.717) is 13.2 Å². The molecule has 0 radical (unpaired) electrons. The molecule has 0 saturated heterocycles. The van der Waals surface area contributed by atoms with Crippen molar-refractivity contribution in [3.8, 4) is 6.19 Å². The molecule has 0 aromatic carbocycles. The minimum absolute atomic E-state index is 0.250. The lowest BCUT2D eigenvalue weighted by Crippen LogP contribution is -2.11. The maximum absolute atomic E-state index is 11.4. The number of aliphatic imine (C=N–C) groups is 1. The Morgan fingerprint density at radius 3 is 2.88 bits per heavy atom. The zero-order valence-electron chi connectivity index (χ0n) is 9.69. The Balaban J connectivity index is 4.38. The topological polar surface area (TPSA) is 74.5 Å². The third-order valence-electron chi connectivity index (χ3n) is 1.67. The van der Waals surface area contributed by atoms with Crippen LogP contribution in [0.2, 0.25) is 0 Å².